The lowest BCUT2D eigenvalue weighted by Gasteiger charge is -2.34. The first kappa shape index (κ1) is 10.3. The summed E-state index contributed by atoms with van der Waals surface area (Å²) in [5.74, 6) is 0.620. The SMILES string of the molecule is C[N-]C(=NC(C)C)[N-]C(C)C. The van der Waals surface area contributed by atoms with Crippen molar-refractivity contribution in [2.45, 2.75) is 39.8 Å². The molecule has 0 heterocycles. The zero-order valence-electron chi connectivity index (χ0n) is 8.00. The zero-order chi connectivity index (χ0) is 8.85. The predicted molar refractivity (Wildman–Crippen MR) is 50.3 cm³/mol. The van der Waals surface area contributed by atoms with E-state index in [1.165, 1.54) is 0 Å². The van der Waals surface area contributed by atoms with Crippen LogP contribution in [-0.4, -0.2) is 25.1 Å². The van der Waals surface area contributed by atoms with Crippen LogP contribution in [0.5, 0.6) is 0 Å². The molecule has 66 valence electrons. The molecule has 0 aliphatic carbocycles. The van der Waals surface area contributed by atoms with Crippen LogP contribution < -0.4 is 0 Å². The van der Waals surface area contributed by atoms with E-state index in [2.05, 4.69) is 15.6 Å². The summed E-state index contributed by atoms with van der Waals surface area (Å²) >= 11 is 0. The van der Waals surface area contributed by atoms with Crippen LogP contribution in [0.3, 0.4) is 0 Å². The summed E-state index contributed by atoms with van der Waals surface area (Å²) < 4.78 is 0. The molecule has 0 saturated heterocycles. The van der Waals surface area contributed by atoms with Crippen molar-refractivity contribution in [3.8, 4) is 0 Å². The molecule has 0 N–H and O–H groups in total. The molecule has 0 aliphatic rings. The number of guanidine groups is 1. The number of hydrogen-bond acceptors (Lipinski definition) is 1. The maximum atomic E-state index is 4.22. The van der Waals surface area contributed by atoms with Crippen LogP contribution in [0.1, 0.15) is 27.7 Å². The number of aliphatic imine (C=N–C) groups is 1. The van der Waals surface area contributed by atoms with Crippen molar-refractivity contribution < 1.29 is 0 Å². The Labute approximate surface area is 69.3 Å². The summed E-state index contributed by atoms with van der Waals surface area (Å²) in [5, 5.41) is 8.17. The summed E-state index contributed by atoms with van der Waals surface area (Å²) in [6.07, 6.45) is 0. The maximum Gasteiger partial charge on any atom is -0.0689 e. The normalized spacial score (nSPS) is 12.5. The third-order valence-electron chi connectivity index (χ3n) is 0.947. The summed E-state index contributed by atoms with van der Waals surface area (Å²) in [4.78, 5) is 4.22. The third kappa shape index (κ3) is 5.70. The van der Waals surface area contributed by atoms with Gasteiger partial charge in [-0.05, 0) is 0 Å². The Balaban J connectivity index is 3.94. The first-order valence-corrected chi connectivity index (χ1v) is 3.94. The molecule has 0 bridgehead atoms. The van der Waals surface area contributed by atoms with Gasteiger partial charge < -0.3 is 15.6 Å². The number of nitrogens with zero attached hydrogens (tertiary/aromatic N) is 3. The van der Waals surface area contributed by atoms with Crippen molar-refractivity contribution in [1.82, 2.24) is 0 Å². The molecule has 0 saturated carbocycles. The van der Waals surface area contributed by atoms with Crippen molar-refractivity contribution in [1.29, 1.82) is 0 Å². The molecule has 3 heteroatoms. The Morgan fingerprint density at radius 2 is 1.73 bits per heavy atom. The molecule has 0 atom stereocenters. The predicted octanol–water partition coefficient (Wildman–Crippen LogP) is 2.54. The summed E-state index contributed by atoms with van der Waals surface area (Å²) in [6, 6.07) is 0.549. The molecule has 0 aromatic carbocycles. The van der Waals surface area contributed by atoms with Crippen LogP contribution in [0.2, 0.25) is 0 Å². The van der Waals surface area contributed by atoms with Crippen LogP contribution in [0.4, 0.5) is 0 Å². The Morgan fingerprint density at radius 3 is 2.00 bits per heavy atom. The molecule has 0 fully saturated rings. The first-order valence-electron chi connectivity index (χ1n) is 3.94. The average molecular weight is 155 g/mol. The van der Waals surface area contributed by atoms with E-state index < -0.39 is 0 Å². The molecule has 0 radical (unpaired) electrons. The van der Waals surface area contributed by atoms with Crippen LogP contribution in [0.15, 0.2) is 4.99 Å². The van der Waals surface area contributed by atoms with Gasteiger partial charge in [0, 0.05) is 0 Å². The highest BCUT2D eigenvalue weighted by Crippen LogP contribution is 2.05. The van der Waals surface area contributed by atoms with E-state index in [1.807, 2.05) is 27.7 Å². The minimum atomic E-state index is 0.274. The topological polar surface area (TPSA) is 40.6 Å². The standard InChI is InChI=1S/C8H17N3/c1-6(2)10-8(9-5)11-7(3)4/h6-7H,1-5H3/q-2. The van der Waals surface area contributed by atoms with Crippen LogP contribution in [-0.2, 0) is 0 Å². The second kappa shape index (κ2) is 4.99. The Kier molecular flexibility index (Phi) is 4.66. The van der Waals surface area contributed by atoms with E-state index in [0.29, 0.717) is 5.96 Å². The fraction of sp³-hybridized carbons (Fsp3) is 0.875. The van der Waals surface area contributed by atoms with Gasteiger partial charge in [-0.25, -0.2) is 0 Å². The fourth-order valence-corrected chi connectivity index (χ4v) is 0.611. The van der Waals surface area contributed by atoms with Crippen LogP contribution in [0, 0.1) is 0 Å². The van der Waals surface area contributed by atoms with E-state index in [4.69, 9.17) is 0 Å². The van der Waals surface area contributed by atoms with Gasteiger partial charge in [-0.3, -0.25) is 0 Å². The van der Waals surface area contributed by atoms with Crippen molar-refractivity contribution in [2.75, 3.05) is 7.05 Å². The lowest BCUT2D eigenvalue weighted by atomic mass is 10.4. The molecule has 0 spiro atoms. The molecular weight excluding hydrogens is 138 g/mol. The minimum Gasteiger partial charge on any atom is -0.555 e. The lowest BCUT2D eigenvalue weighted by Crippen LogP contribution is -2.05. The van der Waals surface area contributed by atoms with E-state index in [-0.39, 0.29) is 12.1 Å². The van der Waals surface area contributed by atoms with Gasteiger partial charge in [-0.15, -0.1) is 0 Å². The number of hydrogen-bond donors (Lipinski definition) is 0. The van der Waals surface area contributed by atoms with Gasteiger partial charge in [0.15, 0.2) is 0 Å². The van der Waals surface area contributed by atoms with E-state index >= 15 is 0 Å². The van der Waals surface area contributed by atoms with Gasteiger partial charge >= 0.3 is 0 Å². The second-order valence-corrected chi connectivity index (χ2v) is 2.97. The molecule has 3 nitrogen and oxygen atoms in total. The van der Waals surface area contributed by atoms with E-state index in [0.717, 1.165) is 0 Å². The molecular formula is C8H17N3-2. The van der Waals surface area contributed by atoms with E-state index in [9.17, 15) is 0 Å². The minimum absolute atomic E-state index is 0.274. The highest BCUT2D eigenvalue weighted by atomic mass is 15.2. The largest absolute Gasteiger partial charge is 0.555 e. The highest BCUT2D eigenvalue weighted by molar-refractivity contribution is 6.02. The fourth-order valence-electron chi connectivity index (χ4n) is 0.611. The molecule has 0 aliphatic heterocycles. The van der Waals surface area contributed by atoms with Gasteiger partial charge in [-0.2, -0.15) is 5.96 Å². The molecule has 0 unspecified atom stereocenters. The van der Waals surface area contributed by atoms with Crippen molar-refractivity contribution in [2.24, 2.45) is 4.99 Å². The maximum absolute atomic E-state index is 4.22. The molecule has 0 rings (SSSR count). The number of rotatable bonds is 2. The lowest BCUT2D eigenvalue weighted by molar-refractivity contribution is 0.831. The Morgan fingerprint density at radius 1 is 1.18 bits per heavy atom. The van der Waals surface area contributed by atoms with Crippen molar-refractivity contribution in [3.63, 3.8) is 0 Å². The van der Waals surface area contributed by atoms with Crippen molar-refractivity contribution >= 4 is 5.96 Å². The monoisotopic (exact) mass is 155 g/mol. The summed E-state index contributed by atoms with van der Waals surface area (Å²) in [6.45, 7) is 8.06. The Bertz CT molecular complexity index is 127. The van der Waals surface area contributed by atoms with Gasteiger partial charge in [-0.1, -0.05) is 46.8 Å². The summed E-state index contributed by atoms with van der Waals surface area (Å²) in [5.41, 5.74) is 0. The van der Waals surface area contributed by atoms with Crippen molar-refractivity contribution in [3.05, 3.63) is 10.6 Å². The molecule has 0 aromatic rings. The van der Waals surface area contributed by atoms with Crippen LogP contribution >= 0.6 is 0 Å². The molecule has 0 amide bonds. The summed E-state index contributed by atoms with van der Waals surface area (Å²) in [7, 11) is 1.72. The Hall–Kier alpha value is -0.730. The van der Waals surface area contributed by atoms with E-state index in [1.54, 1.807) is 7.05 Å². The highest BCUT2D eigenvalue weighted by Gasteiger charge is 1.79. The second-order valence-electron chi connectivity index (χ2n) is 2.97. The van der Waals surface area contributed by atoms with Gasteiger partial charge in [0.1, 0.15) is 0 Å². The molecule has 11 heavy (non-hydrogen) atoms. The van der Waals surface area contributed by atoms with Gasteiger partial charge in [0.2, 0.25) is 0 Å². The zero-order valence-corrected chi connectivity index (χ0v) is 8.00. The average Bonchev–Trinajstić information content (AvgIpc) is 1.84. The smallest absolute Gasteiger partial charge is 0.0689 e. The van der Waals surface area contributed by atoms with Gasteiger partial charge in [0.25, 0.3) is 0 Å². The molecule has 0 aromatic heterocycles. The first-order chi connectivity index (χ1) is 5.06. The third-order valence-corrected chi connectivity index (χ3v) is 0.947. The quantitative estimate of drug-likeness (QED) is 0.434. The van der Waals surface area contributed by atoms with Gasteiger partial charge in [0.05, 0.1) is 0 Å². The van der Waals surface area contributed by atoms with Crippen LogP contribution in [0.25, 0.3) is 10.6 Å².